The summed E-state index contributed by atoms with van der Waals surface area (Å²) in [5.41, 5.74) is 0.309. The fraction of sp³-hybridized carbons (Fsp3) is 0.462. The summed E-state index contributed by atoms with van der Waals surface area (Å²) in [5, 5.41) is 2.72. The Kier molecular flexibility index (Phi) is 5.08. The van der Waals surface area contributed by atoms with E-state index in [1.54, 1.807) is 18.3 Å². The molecule has 1 atom stereocenters. The number of pyridine rings is 1. The van der Waals surface area contributed by atoms with Gasteiger partial charge in [0, 0.05) is 23.8 Å². The van der Waals surface area contributed by atoms with E-state index in [0.717, 1.165) is 0 Å². The molecule has 6 nitrogen and oxygen atoms in total. The number of aromatic nitrogens is 1. The van der Waals surface area contributed by atoms with E-state index in [0.29, 0.717) is 29.9 Å². The molecule has 20 heavy (non-hydrogen) atoms. The summed E-state index contributed by atoms with van der Waals surface area (Å²) in [6, 6.07) is 2.88. The van der Waals surface area contributed by atoms with Crippen LogP contribution in [0.15, 0.2) is 22.8 Å². The van der Waals surface area contributed by atoms with Crippen molar-refractivity contribution in [2.45, 2.75) is 13.0 Å². The van der Waals surface area contributed by atoms with Gasteiger partial charge in [-0.2, -0.15) is 0 Å². The highest BCUT2D eigenvalue weighted by atomic mass is 79.9. The predicted molar refractivity (Wildman–Crippen MR) is 76.3 cm³/mol. The number of amides is 2. The van der Waals surface area contributed by atoms with Gasteiger partial charge in [-0.15, -0.1) is 0 Å². The van der Waals surface area contributed by atoms with Gasteiger partial charge in [0.15, 0.2) is 0 Å². The van der Waals surface area contributed by atoms with Crippen LogP contribution in [-0.4, -0.2) is 54.0 Å². The molecule has 1 aliphatic rings. The fourth-order valence-electron chi connectivity index (χ4n) is 2.04. The molecule has 1 N–H and O–H groups in total. The van der Waals surface area contributed by atoms with Gasteiger partial charge in [0.05, 0.1) is 13.2 Å². The Hall–Kier alpha value is -1.47. The lowest BCUT2D eigenvalue weighted by Gasteiger charge is -2.34. The largest absolute Gasteiger partial charge is 0.377 e. The molecule has 0 bridgehead atoms. The smallest absolute Gasteiger partial charge is 0.274 e. The van der Waals surface area contributed by atoms with Gasteiger partial charge in [-0.3, -0.25) is 9.59 Å². The molecule has 0 spiro atoms. The first-order valence-electron chi connectivity index (χ1n) is 6.42. The van der Waals surface area contributed by atoms with E-state index < -0.39 is 6.04 Å². The summed E-state index contributed by atoms with van der Waals surface area (Å²) >= 11 is 3.31. The molecular weight excluding hydrogens is 326 g/mol. The normalized spacial score (nSPS) is 18.7. The molecule has 1 aromatic rings. The minimum absolute atomic E-state index is 0.201. The highest BCUT2D eigenvalue weighted by Gasteiger charge is 2.34. The van der Waals surface area contributed by atoms with Gasteiger partial charge in [0.2, 0.25) is 5.91 Å². The van der Waals surface area contributed by atoms with Crippen LogP contribution in [0.1, 0.15) is 17.4 Å². The zero-order valence-corrected chi connectivity index (χ0v) is 12.7. The number of hydrogen-bond acceptors (Lipinski definition) is 4. The van der Waals surface area contributed by atoms with Crippen LogP contribution < -0.4 is 5.32 Å². The van der Waals surface area contributed by atoms with Crippen molar-refractivity contribution in [2.24, 2.45) is 0 Å². The zero-order chi connectivity index (χ0) is 14.5. The molecule has 1 aromatic heterocycles. The number of ether oxygens (including phenoxy) is 1. The number of halogens is 1. The van der Waals surface area contributed by atoms with Gasteiger partial charge >= 0.3 is 0 Å². The number of hydrogen-bond donors (Lipinski definition) is 1. The number of nitrogens with zero attached hydrogens (tertiary/aromatic N) is 2. The van der Waals surface area contributed by atoms with Gasteiger partial charge in [0.1, 0.15) is 11.7 Å². The topological polar surface area (TPSA) is 71.5 Å². The van der Waals surface area contributed by atoms with Gasteiger partial charge in [-0.1, -0.05) is 0 Å². The summed E-state index contributed by atoms with van der Waals surface area (Å²) in [6.45, 7) is 3.37. The van der Waals surface area contributed by atoms with Crippen LogP contribution in [0.25, 0.3) is 0 Å². The zero-order valence-electron chi connectivity index (χ0n) is 11.1. The second-order valence-electron chi connectivity index (χ2n) is 4.32. The number of likely N-dealkylation sites (N-methyl/N-ethyl adjacent to an activating group) is 1. The average molecular weight is 342 g/mol. The van der Waals surface area contributed by atoms with Crippen molar-refractivity contribution in [3.8, 4) is 0 Å². The van der Waals surface area contributed by atoms with Gasteiger partial charge in [-0.25, -0.2) is 4.98 Å². The molecule has 1 saturated heterocycles. The van der Waals surface area contributed by atoms with Gasteiger partial charge < -0.3 is 15.0 Å². The number of carbonyl (C=O) groups excluding carboxylic acids is 2. The first-order chi connectivity index (χ1) is 9.65. The first-order valence-corrected chi connectivity index (χ1v) is 7.21. The quantitative estimate of drug-likeness (QED) is 0.883. The SMILES string of the molecule is CCNC(=O)C1COCCN1C(=O)c1ncccc1Br. The molecule has 0 aliphatic carbocycles. The van der Waals surface area contributed by atoms with E-state index in [-0.39, 0.29) is 18.4 Å². The number of rotatable bonds is 3. The summed E-state index contributed by atoms with van der Waals surface area (Å²) < 4.78 is 5.93. The van der Waals surface area contributed by atoms with Crippen molar-refractivity contribution in [3.63, 3.8) is 0 Å². The van der Waals surface area contributed by atoms with Crippen molar-refractivity contribution < 1.29 is 14.3 Å². The molecule has 108 valence electrons. The Morgan fingerprint density at radius 1 is 1.60 bits per heavy atom. The third-order valence-corrected chi connectivity index (χ3v) is 3.64. The predicted octanol–water partition coefficient (Wildman–Crippen LogP) is 0.821. The van der Waals surface area contributed by atoms with E-state index in [2.05, 4.69) is 26.2 Å². The average Bonchev–Trinajstić information content (AvgIpc) is 2.47. The number of nitrogens with one attached hydrogen (secondary N) is 1. The van der Waals surface area contributed by atoms with Crippen LogP contribution in [0, 0.1) is 0 Å². The van der Waals surface area contributed by atoms with Crippen molar-refractivity contribution in [3.05, 3.63) is 28.5 Å². The summed E-state index contributed by atoms with van der Waals surface area (Å²) in [6.07, 6.45) is 1.56. The third-order valence-electron chi connectivity index (χ3n) is 3.00. The third kappa shape index (κ3) is 3.16. The minimum Gasteiger partial charge on any atom is -0.377 e. The molecule has 7 heteroatoms. The number of morpholine rings is 1. The van der Waals surface area contributed by atoms with Crippen LogP contribution in [0.5, 0.6) is 0 Å². The minimum atomic E-state index is -0.606. The molecule has 2 amide bonds. The van der Waals surface area contributed by atoms with Crippen LogP contribution in [0.4, 0.5) is 0 Å². The second-order valence-corrected chi connectivity index (χ2v) is 5.17. The molecule has 1 fully saturated rings. The molecule has 0 aromatic carbocycles. The fourth-order valence-corrected chi connectivity index (χ4v) is 2.46. The molecule has 2 rings (SSSR count). The summed E-state index contributed by atoms with van der Waals surface area (Å²) in [4.78, 5) is 30.1. The lowest BCUT2D eigenvalue weighted by Crippen LogP contribution is -2.56. The van der Waals surface area contributed by atoms with Crippen LogP contribution in [-0.2, 0) is 9.53 Å². The maximum Gasteiger partial charge on any atom is 0.274 e. The second kappa shape index (κ2) is 6.81. The molecule has 2 heterocycles. The Morgan fingerprint density at radius 3 is 3.10 bits per heavy atom. The lowest BCUT2D eigenvalue weighted by atomic mass is 10.2. The standard InChI is InChI=1S/C13H16BrN3O3/c1-2-15-12(18)10-8-20-7-6-17(10)13(19)11-9(14)4-3-5-16-11/h3-5,10H,2,6-8H2,1H3,(H,15,18). The highest BCUT2D eigenvalue weighted by molar-refractivity contribution is 9.10. The van der Waals surface area contributed by atoms with Crippen molar-refractivity contribution in [1.29, 1.82) is 0 Å². The Bertz CT molecular complexity index is 509. The molecule has 0 saturated carbocycles. The number of carbonyl (C=O) groups is 2. The first kappa shape index (κ1) is 14.9. The van der Waals surface area contributed by atoms with E-state index in [9.17, 15) is 9.59 Å². The van der Waals surface area contributed by atoms with Crippen molar-refractivity contribution in [2.75, 3.05) is 26.3 Å². The lowest BCUT2D eigenvalue weighted by molar-refractivity contribution is -0.130. The summed E-state index contributed by atoms with van der Waals surface area (Å²) in [5.74, 6) is -0.468. The van der Waals surface area contributed by atoms with E-state index in [1.807, 2.05) is 6.92 Å². The van der Waals surface area contributed by atoms with Crippen LogP contribution in [0.2, 0.25) is 0 Å². The maximum atomic E-state index is 12.5. The monoisotopic (exact) mass is 341 g/mol. The van der Waals surface area contributed by atoms with Crippen molar-refractivity contribution >= 4 is 27.7 Å². The van der Waals surface area contributed by atoms with Crippen LogP contribution >= 0.6 is 15.9 Å². The molecule has 1 unspecified atom stereocenters. The molecule has 0 radical (unpaired) electrons. The Labute approximate surface area is 125 Å². The van der Waals surface area contributed by atoms with E-state index >= 15 is 0 Å². The van der Waals surface area contributed by atoms with Crippen molar-refractivity contribution in [1.82, 2.24) is 15.2 Å². The highest BCUT2D eigenvalue weighted by Crippen LogP contribution is 2.18. The molecule has 1 aliphatic heterocycles. The Morgan fingerprint density at radius 2 is 2.40 bits per heavy atom. The van der Waals surface area contributed by atoms with Gasteiger partial charge in [0.25, 0.3) is 5.91 Å². The Balaban J connectivity index is 2.22. The van der Waals surface area contributed by atoms with E-state index in [1.165, 1.54) is 4.90 Å². The van der Waals surface area contributed by atoms with Crippen LogP contribution in [0.3, 0.4) is 0 Å². The molecular formula is C13H16BrN3O3. The summed E-state index contributed by atoms with van der Waals surface area (Å²) in [7, 11) is 0. The van der Waals surface area contributed by atoms with Gasteiger partial charge in [-0.05, 0) is 35.0 Å². The van der Waals surface area contributed by atoms with E-state index in [4.69, 9.17) is 4.74 Å². The maximum absolute atomic E-state index is 12.5.